The molecule has 0 aromatic carbocycles. The summed E-state index contributed by atoms with van der Waals surface area (Å²) in [7, 11) is 0. The summed E-state index contributed by atoms with van der Waals surface area (Å²) in [4.78, 5) is 25.8. The first-order chi connectivity index (χ1) is 8.95. The van der Waals surface area contributed by atoms with Crippen molar-refractivity contribution < 1.29 is 9.59 Å². The zero-order chi connectivity index (χ0) is 14.0. The number of hydrogen-bond acceptors (Lipinski definition) is 2. The minimum Gasteiger partial charge on any atom is -0.349 e. The second-order valence-corrected chi connectivity index (χ2v) is 5.46. The number of carbonyl (C=O) groups excluding carboxylic acids is 2. The number of nitrogens with zero attached hydrogens (tertiary/aromatic N) is 2. The molecule has 5 heteroatoms. The van der Waals surface area contributed by atoms with Crippen molar-refractivity contribution >= 4 is 11.8 Å². The van der Waals surface area contributed by atoms with Crippen LogP contribution in [0.3, 0.4) is 0 Å². The van der Waals surface area contributed by atoms with Crippen LogP contribution in [0.25, 0.3) is 0 Å². The Morgan fingerprint density at radius 1 is 1.42 bits per heavy atom. The summed E-state index contributed by atoms with van der Waals surface area (Å²) in [6.45, 7) is 7.01. The lowest BCUT2D eigenvalue weighted by atomic mass is 10.0. The van der Waals surface area contributed by atoms with E-state index in [0.717, 1.165) is 0 Å². The van der Waals surface area contributed by atoms with Crippen molar-refractivity contribution in [2.75, 3.05) is 13.1 Å². The molecule has 0 bridgehead atoms. The van der Waals surface area contributed by atoms with Gasteiger partial charge in [-0.2, -0.15) is 0 Å². The largest absolute Gasteiger partial charge is 0.349 e. The molecule has 0 radical (unpaired) electrons. The Morgan fingerprint density at radius 3 is 2.58 bits per heavy atom. The summed E-state index contributed by atoms with van der Waals surface area (Å²) < 4.78 is 1.87. The molecule has 0 aliphatic carbocycles. The van der Waals surface area contributed by atoms with Crippen LogP contribution in [0.4, 0.5) is 0 Å². The van der Waals surface area contributed by atoms with Crippen LogP contribution in [0, 0.1) is 0 Å². The lowest BCUT2D eigenvalue weighted by Gasteiger charge is -2.27. The number of hydrogen-bond donors (Lipinski definition) is 1. The molecule has 0 spiro atoms. The van der Waals surface area contributed by atoms with Gasteiger partial charge in [-0.15, -0.1) is 0 Å². The SMILES string of the molecule is CCN1CC(NC(=O)C(C)(C)n2cccc2)CC1=O. The molecule has 19 heavy (non-hydrogen) atoms. The number of likely N-dealkylation sites (tertiary alicyclic amines) is 1. The van der Waals surface area contributed by atoms with E-state index in [-0.39, 0.29) is 17.9 Å². The third-order valence-corrected chi connectivity index (χ3v) is 3.74. The summed E-state index contributed by atoms with van der Waals surface area (Å²) in [6.07, 6.45) is 4.15. The molecule has 2 amide bonds. The highest BCUT2D eigenvalue weighted by Crippen LogP contribution is 2.17. The fourth-order valence-electron chi connectivity index (χ4n) is 2.36. The molecule has 1 aromatic rings. The average molecular weight is 263 g/mol. The van der Waals surface area contributed by atoms with Crippen LogP contribution >= 0.6 is 0 Å². The van der Waals surface area contributed by atoms with Crippen molar-refractivity contribution in [3.63, 3.8) is 0 Å². The van der Waals surface area contributed by atoms with Gasteiger partial charge in [-0.3, -0.25) is 9.59 Å². The predicted octanol–water partition coefficient (Wildman–Crippen LogP) is 0.960. The molecule has 1 unspecified atom stereocenters. The molecular formula is C14H21N3O2. The van der Waals surface area contributed by atoms with Crippen molar-refractivity contribution in [3.8, 4) is 0 Å². The van der Waals surface area contributed by atoms with E-state index < -0.39 is 5.54 Å². The van der Waals surface area contributed by atoms with Crippen LogP contribution in [-0.4, -0.2) is 40.4 Å². The van der Waals surface area contributed by atoms with E-state index in [0.29, 0.717) is 19.5 Å². The minimum absolute atomic E-state index is 0.0561. The highest BCUT2D eigenvalue weighted by Gasteiger charge is 2.34. The summed E-state index contributed by atoms with van der Waals surface area (Å²) in [5, 5.41) is 2.98. The number of amides is 2. The Labute approximate surface area is 113 Å². The lowest BCUT2D eigenvalue weighted by Crippen LogP contribution is -2.48. The molecule has 1 aromatic heterocycles. The number of aromatic nitrogens is 1. The van der Waals surface area contributed by atoms with E-state index in [2.05, 4.69) is 5.32 Å². The summed E-state index contributed by atoms with van der Waals surface area (Å²) in [5.41, 5.74) is -0.647. The Hall–Kier alpha value is -1.78. The van der Waals surface area contributed by atoms with Crippen LogP contribution in [0.1, 0.15) is 27.2 Å². The highest BCUT2D eigenvalue weighted by atomic mass is 16.2. The van der Waals surface area contributed by atoms with Crippen molar-refractivity contribution in [3.05, 3.63) is 24.5 Å². The molecule has 1 aliphatic rings. The van der Waals surface area contributed by atoms with Gasteiger partial charge < -0.3 is 14.8 Å². The molecule has 5 nitrogen and oxygen atoms in total. The van der Waals surface area contributed by atoms with Crippen molar-refractivity contribution in [1.29, 1.82) is 0 Å². The maximum Gasteiger partial charge on any atom is 0.245 e. The zero-order valence-corrected chi connectivity index (χ0v) is 11.7. The summed E-state index contributed by atoms with van der Waals surface area (Å²) in [6, 6.07) is 3.72. The van der Waals surface area contributed by atoms with Gasteiger partial charge in [0.05, 0.1) is 6.04 Å². The van der Waals surface area contributed by atoms with Crippen LogP contribution < -0.4 is 5.32 Å². The maximum atomic E-state index is 12.4. The topological polar surface area (TPSA) is 54.3 Å². The number of rotatable bonds is 4. The van der Waals surface area contributed by atoms with Gasteiger partial charge in [0.25, 0.3) is 0 Å². The van der Waals surface area contributed by atoms with Gasteiger partial charge in [0.1, 0.15) is 5.54 Å². The van der Waals surface area contributed by atoms with E-state index in [1.807, 2.05) is 49.9 Å². The smallest absolute Gasteiger partial charge is 0.245 e. The van der Waals surface area contributed by atoms with Crippen LogP contribution in [0.5, 0.6) is 0 Å². The van der Waals surface area contributed by atoms with Gasteiger partial charge in [0.2, 0.25) is 11.8 Å². The van der Waals surface area contributed by atoms with E-state index in [1.54, 1.807) is 4.90 Å². The molecule has 1 atom stereocenters. The molecule has 2 rings (SSSR count). The normalized spacial score (nSPS) is 19.8. The van der Waals surface area contributed by atoms with Crippen LogP contribution in [-0.2, 0) is 15.1 Å². The summed E-state index contributed by atoms with van der Waals surface area (Å²) in [5.74, 6) is 0.0611. The van der Waals surface area contributed by atoms with Gasteiger partial charge in [0, 0.05) is 31.9 Å². The first-order valence-corrected chi connectivity index (χ1v) is 6.67. The molecule has 1 saturated heterocycles. The van der Waals surface area contributed by atoms with Crippen molar-refractivity contribution in [2.24, 2.45) is 0 Å². The monoisotopic (exact) mass is 263 g/mol. The predicted molar refractivity (Wildman–Crippen MR) is 72.6 cm³/mol. The number of likely N-dealkylation sites (N-methyl/N-ethyl adjacent to an activating group) is 1. The van der Waals surface area contributed by atoms with Crippen molar-refractivity contribution in [1.82, 2.24) is 14.8 Å². The quantitative estimate of drug-likeness (QED) is 0.879. The molecule has 1 aliphatic heterocycles. The van der Waals surface area contributed by atoms with E-state index in [1.165, 1.54) is 0 Å². The lowest BCUT2D eigenvalue weighted by molar-refractivity contribution is -0.129. The molecule has 104 valence electrons. The molecular weight excluding hydrogens is 242 g/mol. The highest BCUT2D eigenvalue weighted by molar-refractivity contribution is 5.86. The fraction of sp³-hybridized carbons (Fsp3) is 0.571. The van der Waals surface area contributed by atoms with Crippen LogP contribution in [0.15, 0.2) is 24.5 Å². The van der Waals surface area contributed by atoms with Gasteiger partial charge in [0.15, 0.2) is 0 Å². The molecule has 0 saturated carbocycles. The Balaban J connectivity index is 2.00. The summed E-state index contributed by atoms with van der Waals surface area (Å²) >= 11 is 0. The Morgan fingerprint density at radius 2 is 2.05 bits per heavy atom. The van der Waals surface area contributed by atoms with Gasteiger partial charge in [-0.1, -0.05) is 0 Å². The minimum atomic E-state index is -0.647. The van der Waals surface area contributed by atoms with Gasteiger partial charge >= 0.3 is 0 Å². The second kappa shape index (κ2) is 5.07. The Bertz CT molecular complexity index is 465. The Kier molecular flexibility index (Phi) is 3.64. The molecule has 1 N–H and O–H groups in total. The van der Waals surface area contributed by atoms with E-state index in [4.69, 9.17) is 0 Å². The molecule has 2 heterocycles. The molecule has 1 fully saturated rings. The van der Waals surface area contributed by atoms with E-state index >= 15 is 0 Å². The van der Waals surface area contributed by atoms with Crippen LogP contribution in [0.2, 0.25) is 0 Å². The van der Waals surface area contributed by atoms with Crippen molar-refractivity contribution in [2.45, 2.75) is 38.8 Å². The fourth-order valence-corrected chi connectivity index (χ4v) is 2.36. The van der Waals surface area contributed by atoms with Gasteiger partial charge in [-0.25, -0.2) is 0 Å². The number of carbonyl (C=O) groups is 2. The third kappa shape index (κ3) is 2.64. The average Bonchev–Trinajstić information content (AvgIpc) is 2.98. The second-order valence-electron chi connectivity index (χ2n) is 5.46. The first kappa shape index (κ1) is 13.6. The van der Waals surface area contributed by atoms with Gasteiger partial charge in [-0.05, 0) is 32.9 Å². The zero-order valence-electron chi connectivity index (χ0n) is 11.7. The standard InChI is InChI=1S/C14H21N3O2/c1-4-16-10-11(9-12(16)18)15-13(19)14(2,3)17-7-5-6-8-17/h5-8,11H,4,9-10H2,1-3H3,(H,15,19). The maximum absolute atomic E-state index is 12.4. The number of nitrogens with one attached hydrogen (secondary N) is 1. The first-order valence-electron chi connectivity index (χ1n) is 6.67. The third-order valence-electron chi connectivity index (χ3n) is 3.74. The van der Waals surface area contributed by atoms with E-state index in [9.17, 15) is 9.59 Å².